The van der Waals surface area contributed by atoms with Gasteiger partial charge in [-0.15, -0.1) is 23.5 Å². The zero-order valence-corrected chi connectivity index (χ0v) is 29.7. The van der Waals surface area contributed by atoms with Crippen molar-refractivity contribution in [3.05, 3.63) is 106 Å². The maximum atomic E-state index is 5.62. The summed E-state index contributed by atoms with van der Waals surface area (Å²) >= 11 is 14.8. The van der Waals surface area contributed by atoms with Crippen LogP contribution in [0.2, 0.25) is 51.4 Å². The van der Waals surface area contributed by atoms with Gasteiger partial charge in [0, 0.05) is 38.4 Å². The van der Waals surface area contributed by atoms with Gasteiger partial charge in [0.05, 0.1) is 8.39 Å². The summed E-state index contributed by atoms with van der Waals surface area (Å²) in [5.41, 5.74) is 6.13. The molecule has 0 nitrogen and oxygen atoms in total. The Labute approximate surface area is 263 Å². The van der Waals surface area contributed by atoms with E-state index in [4.69, 9.17) is 24.4 Å². The molecule has 0 aromatic heterocycles. The zero-order chi connectivity index (χ0) is 29.2. The number of thioether (sulfide) groups is 2. The van der Waals surface area contributed by atoms with Crippen molar-refractivity contribution in [1.82, 2.24) is 0 Å². The Kier molecular flexibility index (Phi) is 12.5. The molecule has 3 rings (SSSR count). The van der Waals surface area contributed by atoms with E-state index in [2.05, 4.69) is 111 Å². The number of hydrogen-bond acceptors (Lipinski definition) is 4. The SMILES string of the molecule is C[Si](C)(C)CCSC(=S)c1ccc(C#Cc2ccc(C#Cc3ccc(C(=S)SCC[Si](C)(C)C)cc3)cc2)cc1. The number of rotatable bonds is 8. The van der Waals surface area contributed by atoms with Crippen LogP contribution in [0, 0.1) is 23.7 Å². The molecule has 6 heteroatoms. The summed E-state index contributed by atoms with van der Waals surface area (Å²) < 4.78 is 1.95. The Morgan fingerprint density at radius 3 is 1.00 bits per heavy atom. The highest BCUT2D eigenvalue weighted by Crippen LogP contribution is 2.21. The molecule has 0 amide bonds. The van der Waals surface area contributed by atoms with Crippen molar-refractivity contribution < 1.29 is 0 Å². The van der Waals surface area contributed by atoms with E-state index in [1.807, 2.05) is 24.3 Å². The third-order valence-corrected chi connectivity index (χ3v) is 13.2. The normalized spacial score (nSPS) is 11.2. The van der Waals surface area contributed by atoms with E-state index in [1.165, 1.54) is 12.1 Å². The predicted molar refractivity (Wildman–Crippen MR) is 196 cm³/mol. The Bertz CT molecular complexity index is 1310. The van der Waals surface area contributed by atoms with Crippen LogP contribution < -0.4 is 0 Å². The summed E-state index contributed by atoms with van der Waals surface area (Å²) in [6.07, 6.45) is 0. The molecule has 0 radical (unpaired) electrons. The molecule has 0 N–H and O–H groups in total. The van der Waals surface area contributed by atoms with Crippen LogP contribution in [0.3, 0.4) is 0 Å². The van der Waals surface area contributed by atoms with E-state index >= 15 is 0 Å². The van der Waals surface area contributed by atoms with E-state index in [0.717, 1.165) is 53.3 Å². The maximum absolute atomic E-state index is 5.62. The van der Waals surface area contributed by atoms with Crippen molar-refractivity contribution in [3.8, 4) is 23.7 Å². The van der Waals surface area contributed by atoms with E-state index in [0.29, 0.717) is 0 Å². The van der Waals surface area contributed by atoms with Crippen LogP contribution >= 0.6 is 48.0 Å². The van der Waals surface area contributed by atoms with Crippen molar-refractivity contribution in [3.63, 3.8) is 0 Å². The molecular weight excluding hydrogens is 593 g/mol. The van der Waals surface area contributed by atoms with Gasteiger partial charge in [0.15, 0.2) is 0 Å². The fraction of sp³-hybridized carbons (Fsp3) is 0.294. The first-order valence-electron chi connectivity index (χ1n) is 13.6. The third kappa shape index (κ3) is 12.3. The molecule has 0 aliphatic heterocycles. The van der Waals surface area contributed by atoms with Crippen LogP contribution in [0.25, 0.3) is 0 Å². The van der Waals surface area contributed by atoms with Gasteiger partial charge in [-0.1, -0.05) is 112 Å². The molecule has 0 saturated heterocycles. The quantitative estimate of drug-likeness (QED) is 0.138. The topological polar surface area (TPSA) is 0 Å². The number of thiocarbonyl (C=S) groups is 2. The number of hydrogen-bond donors (Lipinski definition) is 0. The van der Waals surface area contributed by atoms with E-state index in [9.17, 15) is 0 Å². The van der Waals surface area contributed by atoms with Gasteiger partial charge >= 0.3 is 0 Å². The molecule has 0 bridgehead atoms. The third-order valence-electron chi connectivity index (χ3n) is 6.00. The zero-order valence-electron chi connectivity index (χ0n) is 24.4. The van der Waals surface area contributed by atoms with Crippen LogP contribution in [-0.4, -0.2) is 36.0 Å². The Morgan fingerprint density at radius 1 is 0.500 bits per heavy atom. The molecule has 0 spiro atoms. The molecule has 0 fully saturated rings. The van der Waals surface area contributed by atoms with Gasteiger partial charge in [0.2, 0.25) is 0 Å². The highest BCUT2D eigenvalue weighted by atomic mass is 32.2. The number of benzene rings is 3. The molecule has 0 aliphatic carbocycles. The molecule has 3 aromatic rings. The van der Waals surface area contributed by atoms with Crippen molar-refractivity contribution >= 4 is 72.5 Å². The molecule has 0 aliphatic rings. The first kappa shape index (κ1) is 32.6. The van der Waals surface area contributed by atoms with Crippen molar-refractivity contribution in [2.75, 3.05) is 11.5 Å². The van der Waals surface area contributed by atoms with Gasteiger partial charge in [-0.2, -0.15) is 0 Å². The summed E-state index contributed by atoms with van der Waals surface area (Å²) in [6, 6.07) is 27.2. The molecule has 0 atom stereocenters. The van der Waals surface area contributed by atoms with Crippen LogP contribution in [0.4, 0.5) is 0 Å². The van der Waals surface area contributed by atoms with Gasteiger partial charge in [-0.25, -0.2) is 0 Å². The molecule has 0 heterocycles. The van der Waals surface area contributed by atoms with E-state index in [-0.39, 0.29) is 0 Å². The van der Waals surface area contributed by atoms with E-state index < -0.39 is 16.1 Å². The minimum atomic E-state index is -1.02. The molecule has 3 aromatic carbocycles. The fourth-order valence-electron chi connectivity index (χ4n) is 3.37. The Hall–Kier alpha value is -1.91. The molecule has 40 heavy (non-hydrogen) atoms. The van der Waals surface area contributed by atoms with Crippen molar-refractivity contribution in [2.45, 2.75) is 51.4 Å². The molecular formula is C34H38S4Si2. The standard InChI is InChI=1S/C34H38S4Si2/c1-39(2,3)25-23-37-33(35)31-19-15-29(16-20-31)13-11-27-7-9-28(10-8-27)12-14-30-17-21-32(22-18-30)34(36)38-24-26-40(4,5)6/h7-10,15-22H,23-26H2,1-6H3. The highest BCUT2D eigenvalue weighted by molar-refractivity contribution is 8.24. The van der Waals surface area contributed by atoms with Gasteiger partial charge in [-0.3, -0.25) is 0 Å². The lowest BCUT2D eigenvalue weighted by Gasteiger charge is -2.15. The Morgan fingerprint density at radius 2 is 0.750 bits per heavy atom. The van der Waals surface area contributed by atoms with Gasteiger partial charge in [0.25, 0.3) is 0 Å². The Balaban J connectivity index is 1.53. The van der Waals surface area contributed by atoms with Crippen molar-refractivity contribution in [1.29, 1.82) is 0 Å². The lowest BCUT2D eigenvalue weighted by molar-refractivity contribution is 1.38. The summed E-state index contributed by atoms with van der Waals surface area (Å²) in [5, 5.41) is 0. The lowest BCUT2D eigenvalue weighted by Crippen LogP contribution is -2.20. The van der Waals surface area contributed by atoms with E-state index in [1.54, 1.807) is 23.5 Å². The average Bonchev–Trinajstić information content (AvgIpc) is 2.90. The predicted octanol–water partition coefficient (Wildman–Crippen LogP) is 9.98. The van der Waals surface area contributed by atoms with Crippen molar-refractivity contribution in [2.24, 2.45) is 0 Å². The summed E-state index contributed by atoms with van der Waals surface area (Å²) in [4.78, 5) is 0. The average molecular weight is 631 g/mol. The maximum Gasteiger partial charge on any atom is 0.0778 e. The fourth-order valence-corrected chi connectivity index (χ4v) is 10.8. The second-order valence-electron chi connectivity index (χ2n) is 12.1. The first-order chi connectivity index (χ1) is 18.9. The second-order valence-corrected chi connectivity index (χ2v) is 26.9. The first-order valence-corrected chi connectivity index (χ1v) is 23.8. The largest absolute Gasteiger partial charge is 0.114 e. The van der Waals surface area contributed by atoms with Gasteiger partial charge < -0.3 is 0 Å². The molecule has 206 valence electrons. The smallest absolute Gasteiger partial charge is 0.0778 e. The van der Waals surface area contributed by atoms with Gasteiger partial charge in [0.1, 0.15) is 0 Å². The van der Waals surface area contributed by atoms with Crippen LogP contribution in [0.15, 0.2) is 72.8 Å². The summed E-state index contributed by atoms with van der Waals surface area (Å²) in [7, 11) is -2.05. The minimum absolute atomic E-state index is 0.969. The highest BCUT2D eigenvalue weighted by Gasteiger charge is 2.14. The summed E-state index contributed by atoms with van der Waals surface area (Å²) in [6.45, 7) is 14.4. The van der Waals surface area contributed by atoms with Crippen LogP contribution in [0.5, 0.6) is 0 Å². The van der Waals surface area contributed by atoms with Crippen LogP contribution in [0.1, 0.15) is 33.4 Å². The van der Waals surface area contributed by atoms with Gasteiger partial charge in [-0.05, 0) is 83.3 Å². The molecule has 0 unspecified atom stereocenters. The molecule has 0 saturated carbocycles. The minimum Gasteiger partial charge on any atom is -0.114 e. The second kappa shape index (κ2) is 15.4. The monoisotopic (exact) mass is 630 g/mol. The summed E-state index contributed by atoms with van der Waals surface area (Å²) in [5.74, 6) is 15.2. The van der Waals surface area contributed by atoms with Crippen LogP contribution in [-0.2, 0) is 0 Å². The lowest BCUT2D eigenvalue weighted by atomic mass is 10.1.